The zero-order valence-electron chi connectivity index (χ0n) is 17.2. The van der Waals surface area contributed by atoms with E-state index >= 15 is 0 Å². The van der Waals surface area contributed by atoms with Gasteiger partial charge in [-0.05, 0) is 85.5 Å². The maximum Gasteiger partial charge on any atom is 0.386 e. The summed E-state index contributed by atoms with van der Waals surface area (Å²) in [6.45, 7) is 2.25. The van der Waals surface area contributed by atoms with Crippen molar-refractivity contribution >= 4 is 5.97 Å². The molecule has 2 aromatic rings. The number of hydrogen-bond donors (Lipinski definition) is 2. The Kier molecular flexibility index (Phi) is 4.73. The lowest BCUT2D eigenvalue weighted by molar-refractivity contribution is -0.151. The lowest BCUT2D eigenvalue weighted by Crippen LogP contribution is -2.44. The molecule has 158 valence electrons. The molecule has 5 atom stereocenters. The first-order valence-electron chi connectivity index (χ1n) is 10.9. The number of aliphatic hydroxyl groups is 1. The van der Waals surface area contributed by atoms with E-state index in [4.69, 9.17) is 9.78 Å². The van der Waals surface area contributed by atoms with Gasteiger partial charge in [-0.15, -0.1) is 0 Å². The third-order valence-corrected chi connectivity index (χ3v) is 7.93. The van der Waals surface area contributed by atoms with Crippen LogP contribution in [0.3, 0.4) is 0 Å². The van der Waals surface area contributed by atoms with Gasteiger partial charge >= 0.3 is 5.97 Å². The summed E-state index contributed by atoms with van der Waals surface area (Å²) in [7, 11) is 0. The van der Waals surface area contributed by atoms with Gasteiger partial charge in [0.15, 0.2) is 5.75 Å². The molecule has 0 aliphatic heterocycles. The smallest absolute Gasteiger partial charge is 0.386 e. The molecule has 0 radical (unpaired) electrons. The number of carbonyl (C=O) groups is 1. The SMILES string of the molecule is C[C@]12CC[C@@H]3c4c(cc(O)cc4OOC(=O)c4ccccc4)CC[C@H]3[C@@H]1CC[C@H]2O. The molecule has 2 fully saturated rings. The molecule has 30 heavy (non-hydrogen) atoms. The molecule has 0 bridgehead atoms. The predicted molar refractivity (Wildman–Crippen MR) is 111 cm³/mol. The van der Waals surface area contributed by atoms with Crippen LogP contribution < -0.4 is 4.89 Å². The molecule has 5 heteroatoms. The van der Waals surface area contributed by atoms with E-state index in [0.717, 1.165) is 49.7 Å². The monoisotopic (exact) mass is 408 g/mol. The topological polar surface area (TPSA) is 76.0 Å². The summed E-state index contributed by atoms with van der Waals surface area (Å²) in [5, 5.41) is 20.8. The molecule has 3 aliphatic rings. The summed E-state index contributed by atoms with van der Waals surface area (Å²) in [4.78, 5) is 23.0. The molecular weight excluding hydrogens is 380 g/mol. The Balaban J connectivity index is 1.43. The average molecular weight is 408 g/mol. The van der Waals surface area contributed by atoms with Crippen LogP contribution in [0.4, 0.5) is 0 Å². The first kappa shape index (κ1) is 19.4. The van der Waals surface area contributed by atoms with E-state index in [1.54, 1.807) is 30.3 Å². The number of aliphatic hydroxyl groups excluding tert-OH is 1. The van der Waals surface area contributed by atoms with Gasteiger partial charge in [0.05, 0.1) is 11.7 Å². The van der Waals surface area contributed by atoms with Gasteiger partial charge in [-0.25, -0.2) is 9.68 Å². The number of phenols is 1. The van der Waals surface area contributed by atoms with Crippen molar-refractivity contribution in [2.24, 2.45) is 17.3 Å². The molecule has 2 aromatic carbocycles. The lowest BCUT2D eigenvalue weighted by Gasteiger charge is -2.50. The normalized spacial score (nSPS) is 31.9. The van der Waals surface area contributed by atoms with E-state index in [2.05, 4.69) is 6.92 Å². The van der Waals surface area contributed by atoms with Crippen molar-refractivity contribution in [3.05, 3.63) is 59.2 Å². The van der Waals surface area contributed by atoms with Gasteiger partial charge in [0.1, 0.15) is 5.75 Å². The largest absolute Gasteiger partial charge is 0.508 e. The highest BCUT2D eigenvalue weighted by molar-refractivity contribution is 5.88. The van der Waals surface area contributed by atoms with Crippen LogP contribution in [0, 0.1) is 17.3 Å². The Morgan fingerprint density at radius 2 is 1.90 bits per heavy atom. The van der Waals surface area contributed by atoms with Gasteiger partial charge in [-0.2, -0.15) is 0 Å². The average Bonchev–Trinajstić information content (AvgIpc) is 3.06. The second-order valence-electron chi connectivity index (χ2n) is 9.39. The van der Waals surface area contributed by atoms with Crippen LogP contribution in [-0.2, 0) is 11.3 Å². The standard InChI is InChI=1S/C25H28O5/c1-25-12-11-19-18(20(25)9-10-22(25)27)8-7-16-13-17(26)14-21(23(16)19)29-30-24(28)15-5-3-2-4-6-15/h2-6,13-14,18-20,22,26-27H,7-12H2,1H3/t18-,19+,20+,22-,25+/m1/s1. The molecule has 0 heterocycles. The number of benzene rings is 2. The maximum absolute atomic E-state index is 12.3. The fourth-order valence-corrected chi connectivity index (χ4v) is 6.41. The zero-order chi connectivity index (χ0) is 20.9. The summed E-state index contributed by atoms with van der Waals surface area (Å²) in [5.41, 5.74) is 2.55. The van der Waals surface area contributed by atoms with E-state index < -0.39 is 5.97 Å². The fraction of sp³-hybridized carbons (Fsp3) is 0.480. The van der Waals surface area contributed by atoms with Gasteiger partial charge < -0.3 is 10.2 Å². The van der Waals surface area contributed by atoms with E-state index in [0.29, 0.717) is 29.1 Å². The molecule has 0 unspecified atom stereocenters. The minimum Gasteiger partial charge on any atom is -0.508 e. The third-order valence-electron chi connectivity index (χ3n) is 7.93. The van der Waals surface area contributed by atoms with E-state index in [1.165, 1.54) is 0 Å². The lowest BCUT2D eigenvalue weighted by atomic mass is 9.55. The molecule has 2 N–H and O–H groups in total. The van der Waals surface area contributed by atoms with Crippen molar-refractivity contribution in [3.8, 4) is 11.5 Å². The van der Waals surface area contributed by atoms with Gasteiger partial charge in [-0.1, -0.05) is 25.1 Å². The number of aromatic hydroxyl groups is 1. The first-order valence-corrected chi connectivity index (χ1v) is 10.9. The number of phenolic OH excluding ortho intramolecular Hbond substituents is 1. The quantitative estimate of drug-likeness (QED) is 0.566. The van der Waals surface area contributed by atoms with Crippen LogP contribution in [0.5, 0.6) is 11.5 Å². The molecule has 0 aromatic heterocycles. The highest BCUT2D eigenvalue weighted by Crippen LogP contribution is 2.62. The van der Waals surface area contributed by atoms with Crippen molar-refractivity contribution in [1.29, 1.82) is 0 Å². The minimum atomic E-state index is -0.560. The summed E-state index contributed by atoms with van der Waals surface area (Å²) >= 11 is 0. The van der Waals surface area contributed by atoms with Gasteiger partial charge in [0.2, 0.25) is 0 Å². The number of carbonyl (C=O) groups excluding carboxylic acids is 1. The van der Waals surface area contributed by atoms with Crippen molar-refractivity contribution in [1.82, 2.24) is 0 Å². The molecular formula is C25H28O5. The van der Waals surface area contributed by atoms with Crippen molar-refractivity contribution in [2.75, 3.05) is 0 Å². The second kappa shape index (κ2) is 7.31. The minimum absolute atomic E-state index is 0.00359. The zero-order valence-corrected chi connectivity index (χ0v) is 17.2. The maximum atomic E-state index is 12.3. The van der Waals surface area contributed by atoms with Crippen LogP contribution in [0.1, 0.15) is 66.4 Å². The van der Waals surface area contributed by atoms with Crippen molar-refractivity contribution in [2.45, 2.75) is 57.5 Å². The molecule has 2 saturated carbocycles. The van der Waals surface area contributed by atoms with Crippen molar-refractivity contribution in [3.63, 3.8) is 0 Å². The highest BCUT2D eigenvalue weighted by atomic mass is 17.2. The van der Waals surface area contributed by atoms with E-state index in [9.17, 15) is 15.0 Å². The first-order chi connectivity index (χ1) is 14.5. The molecule has 0 saturated heterocycles. The van der Waals surface area contributed by atoms with E-state index in [-0.39, 0.29) is 17.3 Å². The van der Waals surface area contributed by atoms with Gasteiger partial charge in [0.25, 0.3) is 0 Å². The summed E-state index contributed by atoms with van der Waals surface area (Å²) < 4.78 is 0. The van der Waals surface area contributed by atoms with Crippen LogP contribution in [-0.4, -0.2) is 22.3 Å². The summed E-state index contributed by atoms with van der Waals surface area (Å²) in [5.74, 6) is 1.26. The van der Waals surface area contributed by atoms with Crippen LogP contribution in [0.25, 0.3) is 0 Å². The summed E-state index contributed by atoms with van der Waals surface area (Å²) in [6.07, 6.45) is 5.58. The van der Waals surface area contributed by atoms with Crippen LogP contribution >= 0.6 is 0 Å². The van der Waals surface area contributed by atoms with Crippen LogP contribution in [0.2, 0.25) is 0 Å². The number of rotatable bonds is 3. The Morgan fingerprint density at radius 1 is 1.10 bits per heavy atom. The molecule has 5 rings (SSSR count). The highest BCUT2D eigenvalue weighted by Gasteiger charge is 2.54. The molecule has 5 nitrogen and oxygen atoms in total. The number of hydrogen-bond acceptors (Lipinski definition) is 5. The predicted octanol–water partition coefficient (Wildman–Crippen LogP) is 4.76. The second-order valence-corrected chi connectivity index (χ2v) is 9.39. The number of fused-ring (bicyclic) bond motifs is 5. The Labute approximate surface area is 176 Å². The van der Waals surface area contributed by atoms with Crippen molar-refractivity contribution < 1.29 is 24.8 Å². The molecule has 0 amide bonds. The third kappa shape index (κ3) is 3.07. The molecule has 0 spiro atoms. The van der Waals surface area contributed by atoms with Crippen LogP contribution in [0.15, 0.2) is 42.5 Å². The van der Waals surface area contributed by atoms with Gasteiger partial charge in [0, 0.05) is 11.6 Å². The fourth-order valence-electron chi connectivity index (χ4n) is 6.41. The Morgan fingerprint density at radius 3 is 2.70 bits per heavy atom. The van der Waals surface area contributed by atoms with Gasteiger partial charge in [-0.3, -0.25) is 4.89 Å². The molecule has 3 aliphatic carbocycles. The Hall–Kier alpha value is -2.53. The Bertz CT molecular complexity index is 956. The number of aryl methyl sites for hydroxylation is 1. The summed E-state index contributed by atoms with van der Waals surface area (Å²) in [6, 6.07) is 12.1. The van der Waals surface area contributed by atoms with E-state index in [1.807, 2.05) is 12.1 Å².